The number of carbonyl (C=O) groups excluding carboxylic acids is 1. The second-order valence-electron chi connectivity index (χ2n) is 3.13. The molecule has 1 rings (SSSR count). The van der Waals surface area contributed by atoms with Crippen molar-refractivity contribution >= 4 is 12.0 Å². The molecule has 1 N–H and O–H groups in total. The Hall–Kier alpha value is -1.35. The third-order valence-corrected chi connectivity index (χ3v) is 2.05. The summed E-state index contributed by atoms with van der Waals surface area (Å²) in [5.74, 6) is 0. The molecule has 0 amide bonds. The number of benzene rings is 1. The summed E-state index contributed by atoms with van der Waals surface area (Å²) in [6.45, 7) is 2.16. The number of hydrogen-bond acceptors (Lipinski definition) is 3. The predicted molar refractivity (Wildman–Crippen MR) is 58.6 cm³/mol. The van der Waals surface area contributed by atoms with E-state index in [-0.39, 0.29) is 0 Å². The highest BCUT2D eigenvalue weighted by atomic mass is 16.1. The molecule has 0 heterocycles. The lowest BCUT2D eigenvalue weighted by atomic mass is 10.3. The molecule has 1 aromatic carbocycles. The number of anilines is 1. The van der Waals surface area contributed by atoms with Crippen molar-refractivity contribution in [3.8, 4) is 0 Å². The standard InChI is InChI=1S/C11H16N2O/c1-13(9-7-12-8-10-14)11-5-3-2-4-6-11/h2-6,10,12H,7-9H2,1H3. The summed E-state index contributed by atoms with van der Waals surface area (Å²) in [6, 6.07) is 10.2. The third-order valence-electron chi connectivity index (χ3n) is 2.05. The number of hydrogen-bond donors (Lipinski definition) is 1. The number of likely N-dealkylation sites (N-methyl/N-ethyl adjacent to an activating group) is 1. The average Bonchev–Trinajstić information content (AvgIpc) is 2.25. The van der Waals surface area contributed by atoms with Crippen LogP contribution < -0.4 is 10.2 Å². The lowest BCUT2D eigenvalue weighted by Gasteiger charge is -2.18. The lowest BCUT2D eigenvalue weighted by Crippen LogP contribution is -2.29. The van der Waals surface area contributed by atoms with Crippen molar-refractivity contribution < 1.29 is 4.79 Å². The summed E-state index contributed by atoms with van der Waals surface area (Å²) in [7, 11) is 2.04. The largest absolute Gasteiger partial charge is 0.373 e. The Labute approximate surface area is 84.7 Å². The second-order valence-corrected chi connectivity index (χ2v) is 3.13. The highest BCUT2D eigenvalue weighted by Crippen LogP contribution is 2.09. The molecule has 0 saturated carbocycles. The molecule has 1 aromatic rings. The first-order chi connectivity index (χ1) is 6.84. The van der Waals surface area contributed by atoms with Gasteiger partial charge in [0.1, 0.15) is 6.29 Å². The van der Waals surface area contributed by atoms with Gasteiger partial charge in [0.15, 0.2) is 0 Å². The molecular weight excluding hydrogens is 176 g/mol. The quantitative estimate of drug-likeness (QED) is 0.537. The fourth-order valence-electron chi connectivity index (χ4n) is 1.22. The van der Waals surface area contributed by atoms with Gasteiger partial charge in [-0.1, -0.05) is 18.2 Å². The smallest absolute Gasteiger partial charge is 0.133 e. The van der Waals surface area contributed by atoms with Gasteiger partial charge in [0.05, 0.1) is 6.54 Å². The van der Waals surface area contributed by atoms with Crippen LogP contribution in [0.3, 0.4) is 0 Å². The highest BCUT2D eigenvalue weighted by Gasteiger charge is 1.97. The molecule has 0 spiro atoms. The number of nitrogens with zero attached hydrogens (tertiary/aromatic N) is 1. The van der Waals surface area contributed by atoms with Crippen molar-refractivity contribution in [3.63, 3.8) is 0 Å². The van der Waals surface area contributed by atoms with E-state index < -0.39 is 0 Å². The van der Waals surface area contributed by atoms with Crippen LogP contribution >= 0.6 is 0 Å². The average molecular weight is 192 g/mol. The van der Waals surface area contributed by atoms with Crippen molar-refractivity contribution in [3.05, 3.63) is 30.3 Å². The van der Waals surface area contributed by atoms with Gasteiger partial charge < -0.3 is 15.0 Å². The maximum Gasteiger partial charge on any atom is 0.133 e. The maximum atomic E-state index is 10.0. The van der Waals surface area contributed by atoms with Crippen LogP contribution in [0.1, 0.15) is 0 Å². The van der Waals surface area contributed by atoms with E-state index >= 15 is 0 Å². The first-order valence-electron chi connectivity index (χ1n) is 4.75. The number of carbonyl (C=O) groups is 1. The van der Waals surface area contributed by atoms with E-state index in [0.717, 1.165) is 19.4 Å². The third kappa shape index (κ3) is 3.58. The van der Waals surface area contributed by atoms with E-state index in [0.29, 0.717) is 6.54 Å². The van der Waals surface area contributed by atoms with E-state index in [1.54, 1.807) is 0 Å². The van der Waals surface area contributed by atoms with Crippen LogP contribution in [-0.2, 0) is 4.79 Å². The predicted octanol–water partition coefficient (Wildman–Crippen LogP) is 0.911. The fraction of sp³-hybridized carbons (Fsp3) is 0.364. The van der Waals surface area contributed by atoms with Crippen LogP contribution in [0.5, 0.6) is 0 Å². The normalized spacial score (nSPS) is 9.79. The Morgan fingerprint density at radius 2 is 2.07 bits per heavy atom. The molecule has 0 aliphatic carbocycles. The van der Waals surface area contributed by atoms with Crippen LogP contribution in [0.25, 0.3) is 0 Å². The summed E-state index contributed by atoms with van der Waals surface area (Å²) in [5.41, 5.74) is 1.19. The molecule has 76 valence electrons. The first kappa shape index (κ1) is 10.7. The molecule has 0 bridgehead atoms. The summed E-state index contributed by atoms with van der Waals surface area (Å²) in [5, 5.41) is 3.03. The van der Waals surface area contributed by atoms with Crippen molar-refractivity contribution in [2.75, 3.05) is 31.6 Å². The van der Waals surface area contributed by atoms with Gasteiger partial charge in [-0.15, -0.1) is 0 Å². The summed E-state index contributed by atoms with van der Waals surface area (Å²) >= 11 is 0. The first-order valence-corrected chi connectivity index (χ1v) is 4.75. The maximum absolute atomic E-state index is 10.0. The van der Waals surface area contributed by atoms with Gasteiger partial charge in [0.2, 0.25) is 0 Å². The Kier molecular flexibility index (Phi) is 4.72. The van der Waals surface area contributed by atoms with Crippen molar-refractivity contribution in [1.82, 2.24) is 5.32 Å². The Balaban J connectivity index is 2.28. The zero-order chi connectivity index (χ0) is 10.2. The zero-order valence-corrected chi connectivity index (χ0v) is 8.44. The molecule has 0 fully saturated rings. The molecule has 0 aliphatic heterocycles. The number of para-hydroxylation sites is 1. The SMILES string of the molecule is CN(CCNCC=O)c1ccccc1. The van der Waals surface area contributed by atoms with Crippen molar-refractivity contribution in [2.45, 2.75) is 0 Å². The van der Waals surface area contributed by atoms with Crippen molar-refractivity contribution in [2.24, 2.45) is 0 Å². The number of rotatable bonds is 6. The van der Waals surface area contributed by atoms with E-state index in [2.05, 4.69) is 22.3 Å². The molecule has 14 heavy (non-hydrogen) atoms. The summed E-state index contributed by atoms with van der Waals surface area (Å²) < 4.78 is 0. The summed E-state index contributed by atoms with van der Waals surface area (Å²) in [4.78, 5) is 12.2. The fourth-order valence-corrected chi connectivity index (χ4v) is 1.22. The highest BCUT2D eigenvalue weighted by molar-refractivity contribution is 5.51. The van der Waals surface area contributed by atoms with Gasteiger partial charge in [-0.05, 0) is 12.1 Å². The van der Waals surface area contributed by atoms with Crippen LogP contribution in [0.4, 0.5) is 5.69 Å². The van der Waals surface area contributed by atoms with Crippen LogP contribution in [0, 0.1) is 0 Å². The molecule has 0 atom stereocenters. The van der Waals surface area contributed by atoms with Crippen LogP contribution in [-0.4, -0.2) is 33.0 Å². The zero-order valence-electron chi connectivity index (χ0n) is 8.44. The van der Waals surface area contributed by atoms with Crippen molar-refractivity contribution in [1.29, 1.82) is 0 Å². The minimum absolute atomic E-state index is 0.433. The van der Waals surface area contributed by atoms with E-state index in [4.69, 9.17) is 0 Å². The molecule has 0 radical (unpaired) electrons. The molecule has 3 heteroatoms. The molecule has 3 nitrogen and oxygen atoms in total. The van der Waals surface area contributed by atoms with E-state index in [1.165, 1.54) is 5.69 Å². The van der Waals surface area contributed by atoms with Crippen LogP contribution in [0.2, 0.25) is 0 Å². The summed E-state index contributed by atoms with van der Waals surface area (Å²) in [6.07, 6.45) is 0.877. The Morgan fingerprint density at radius 1 is 1.36 bits per heavy atom. The molecular formula is C11H16N2O. The minimum Gasteiger partial charge on any atom is -0.373 e. The molecule has 0 aromatic heterocycles. The van der Waals surface area contributed by atoms with Gasteiger partial charge in [-0.25, -0.2) is 0 Å². The monoisotopic (exact) mass is 192 g/mol. The minimum atomic E-state index is 0.433. The van der Waals surface area contributed by atoms with Gasteiger partial charge in [0, 0.05) is 25.8 Å². The van der Waals surface area contributed by atoms with E-state index in [1.807, 2.05) is 25.2 Å². The second kappa shape index (κ2) is 6.16. The lowest BCUT2D eigenvalue weighted by molar-refractivity contribution is -0.107. The van der Waals surface area contributed by atoms with Gasteiger partial charge in [0.25, 0.3) is 0 Å². The number of nitrogens with one attached hydrogen (secondary N) is 1. The van der Waals surface area contributed by atoms with Gasteiger partial charge >= 0.3 is 0 Å². The Morgan fingerprint density at radius 3 is 2.71 bits per heavy atom. The topological polar surface area (TPSA) is 32.3 Å². The molecule has 0 aliphatic rings. The van der Waals surface area contributed by atoms with Gasteiger partial charge in [-0.3, -0.25) is 0 Å². The van der Waals surface area contributed by atoms with E-state index in [9.17, 15) is 4.79 Å². The molecule has 0 unspecified atom stereocenters. The molecule has 0 saturated heterocycles. The van der Waals surface area contributed by atoms with Crippen LogP contribution in [0.15, 0.2) is 30.3 Å². The number of aldehydes is 1. The van der Waals surface area contributed by atoms with Gasteiger partial charge in [-0.2, -0.15) is 0 Å². The Bertz CT molecular complexity index is 261.